The Hall–Kier alpha value is -1.25. The minimum Gasteiger partial charge on any atom is -0.353 e. The van der Waals surface area contributed by atoms with E-state index in [4.69, 9.17) is 0 Å². The summed E-state index contributed by atoms with van der Waals surface area (Å²) in [6.45, 7) is 6.71. The summed E-state index contributed by atoms with van der Waals surface area (Å²) in [5.74, 6) is 0.214. The fourth-order valence-electron chi connectivity index (χ4n) is 1.60. The highest BCUT2D eigenvalue weighted by Gasteiger charge is 2.16. The number of hydrogen-bond acceptors (Lipinski definition) is 1. The molecule has 0 aliphatic carbocycles. The second kappa shape index (κ2) is 5.01. The van der Waals surface area contributed by atoms with E-state index >= 15 is 0 Å². The fourth-order valence-corrected chi connectivity index (χ4v) is 1.60. The first-order valence-electron chi connectivity index (χ1n) is 5.46. The maximum absolute atomic E-state index is 11.7. The molecule has 0 unspecified atom stereocenters. The van der Waals surface area contributed by atoms with E-state index in [9.17, 15) is 4.79 Å². The summed E-state index contributed by atoms with van der Waals surface area (Å²) in [5.41, 5.74) is 1.17. The van der Waals surface area contributed by atoms with Crippen molar-refractivity contribution in [3.05, 3.63) is 24.0 Å². The van der Waals surface area contributed by atoms with Crippen molar-refractivity contribution in [2.24, 2.45) is 7.05 Å². The highest BCUT2D eigenvalue weighted by Crippen LogP contribution is 2.09. The third kappa shape index (κ3) is 2.85. The van der Waals surface area contributed by atoms with Crippen LogP contribution in [0.25, 0.3) is 0 Å². The molecule has 0 spiro atoms. The van der Waals surface area contributed by atoms with Gasteiger partial charge in [-0.3, -0.25) is 4.79 Å². The van der Waals surface area contributed by atoms with E-state index in [1.807, 2.05) is 31.1 Å². The number of aromatic nitrogens is 1. The summed E-state index contributed by atoms with van der Waals surface area (Å²) in [6, 6.07) is 4.31. The molecule has 0 bridgehead atoms. The zero-order chi connectivity index (χ0) is 11.4. The van der Waals surface area contributed by atoms with Crippen molar-refractivity contribution >= 4 is 5.91 Å². The summed E-state index contributed by atoms with van der Waals surface area (Å²) in [5, 5.41) is 0. The molecule has 0 atom stereocenters. The Bertz CT molecular complexity index is 328. The van der Waals surface area contributed by atoms with Crippen LogP contribution in [-0.2, 0) is 18.4 Å². The Morgan fingerprint density at radius 1 is 1.53 bits per heavy atom. The van der Waals surface area contributed by atoms with Crippen LogP contribution >= 0.6 is 0 Å². The van der Waals surface area contributed by atoms with Gasteiger partial charge in [0.1, 0.15) is 0 Å². The van der Waals surface area contributed by atoms with Gasteiger partial charge < -0.3 is 9.47 Å². The molecule has 0 aliphatic rings. The first kappa shape index (κ1) is 11.8. The highest BCUT2D eigenvalue weighted by atomic mass is 16.2. The van der Waals surface area contributed by atoms with Gasteiger partial charge in [0.05, 0.1) is 6.54 Å². The van der Waals surface area contributed by atoms with Crippen molar-refractivity contribution in [1.29, 1.82) is 0 Å². The van der Waals surface area contributed by atoms with E-state index in [1.54, 1.807) is 0 Å². The van der Waals surface area contributed by atoms with Gasteiger partial charge in [-0.15, -0.1) is 0 Å². The third-order valence-corrected chi connectivity index (χ3v) is 2.63. The lowest BCUT2D eigenvalue weighted by atomic mass is 10.2. The molecule has 1 heterocycles. The van der Waals surface area contributed by atoms with Crippen molar-refractivity contribution in [2.75, 3.05) is 0 Å². The summed E-state index contributed by atoms with van der Waals surface area (Å²) < 4.78 is 2.05. The van der Waals surface area contributed by atoms with Gasteiger partial charge in [-0.1, -0.05) is 6.92 Å². The van der Waals surface area contributed by atoms with Crippen molar-refractivity contribution in [2.45, 2.75) is 39.8 Å². The minimum atomic E-state index is 0.214. The van der Waals surface area contributed by atoms with Crippen LogP contribution in [0.3, 0.4) is 0 Å². The molecule has 1 aromatic rings. The topological polar surface area (TPSA) is 25.2 Å². The van der Waals surface area contributed by atoms with Gasteiger partial charge in [-0.25, -0.2) is 0 Å². The van der Waals surface area contributed by atoms with E-state index in [-0.39, 0.29) is 11.9 Å². The first-order chi connectivity index (χ1) is 7.06. The number of rotatable bonds is 4. The van der Waals surface area contributed by atoms with E-state index in [1.165, 1.54) is 5.69 Å². The highest BCUT2D eigenvalue weighted by molar-refractivity contribution is 5.76. The lowest BCUT2D eigenvalue weighted by molar-refractivity contribution is -0.133. The van der Waals surface area contributed by atoms with Crippen molar-refractivity contribution in [1.82, 2.24) is 9.47 Å². The van der Waals surface area contributed by atoms with Crippen LogP contribution in [0.2, 0.25) is 0 Å². The maximum Gasteiger partial charge on any atom is 0.222 e. The van der Waals surface area contributed by atoms with Gasteiger partial charge in [0.25, 0.3) is 0 Å². The van der Waals surface area contributed by atoms with Gasteiger partial charge in [0, 0.05) is 31.4 Å². The molecule has 3 nitrogen and oxygen atoms in total. The third-order valence-electron chi connectivity index (χ3n) is 2.63. The number of carbonyl (C=O) groups excluding carboxylic acids is 1. The molecular weight excluding hydrogens is 188 g/mol. The van der Waals surface area contributed by atoms with Gasteiger partial charge >= 0.3 is 0 Å². The van der Waals surface area contributed by atoms with E-state index < -0.39 is 0 Å². The van der Waals surface area contributed by atoms with E-state index in [0.717, 1.165) is 0 Å². The van der Waals surface area contributed by atoms with Crippen LogP contribution in [0.15, 0.2) is 18.3 Å². The molecule has 0 fully saturated rings. The summed E-state index contributed by atoms with van der Waals surface area (Å²) in [4.78, 5) is 13.6. The second-order valence-corrected chi connectivity index (χ2v) is 4.08. The SMILES string of the molecule is CCC(=O)N(Cc1cccn1C)C(C)C. The van der Waals surface area contributed by atoms with Gasteiger partial charge in [0.15, 0.2) is 0 Å². The number of carbonyl (C=O) groups is 1. The van der Waals surface area contributed by atoms with Crippen LogP contribution in [0.1, 0.15) is 32.9 Å². The Kier molecular flexibility index (Phi) is 3.95. The van der Waals surface area contributed by atoms with Crippen LogP contribution in [0, 0.1) is 0 Å². The Labute approximate surface area is 91.7 Å². The zero-order valence-corrected chi connectivity index (χ0v) is 10.0. The molecule has 1 aromatic heterocycles. The molecule has 1 rings (SSSR count). The van der Waals surface area contributed by atoms with Crippen LogP contribution in [0.5, 0.6) is 0 Å². The molecule has 3 heteroatoms. The number of amides is 1. The molecular formula is C12H20N2O. The summed E-state index contributed by atoms with van der Waals surface area (Å²) in [6.07, 6.45) is 2.58. The average Bonchev–Trinajstić information content (AvgIpc) is 2.59. The molecule has 84 valence electrons. The van der Waals surface area contributed by atoms with Crippen LogP contribution in [-0.4, -0.2) is 21.4 Å². The average molecular weight is 208 g/mol. The lowest BCUT2D eigenvalue weighted by Gasteiger charge is -2.26. The van der Waals surface area contributed by atoms with E-state index in [0.29, 0.717) is 13.0 Å². The number of nitrogens with zero attached hydrogens (tertiary/aromatic N) is 2. The van der Waals surface area contributed by atoms with Gasteiger partial charge in [-0.2, -0.15) is 0 Å². The fraction of sp³-hybridized carbons (Fsp3) is 0.583. The van der Waals surface area contributed by atoms with Crippen LogP contribution in [0.4, 0.5) is 0 Å². The van der Waals surface area contributed by atoms with E-state index in [2.05, 4.69) is 24.5 Å². The first-order valence-corrected chi connectivity index (χ1v) is 5.46. The predicted molar refractivity (Wildman–Crippen MR) is 61.4 cm³/mol. The quantitative estimate of drug-likeness (QED) is 0.744. The summed E-state index contributed by atoms with van der Waals surface area (Å²) >= 11 is 0. The molecule has 0 aromatic carbocycles. The van der Waals surface area contributed by atoms with Crippen molar-refractivity contribution < 1.29 is 4.79 Å². The number of hydrogen-bond donors (Lipinski definition) is 0. The largest absolute Gasteiger partial charge is 0.353 e. The van der Waals surface area contributed by atoms with Gasteiger partial charge in [-0.05, 0) is 26.0 Å². The standard InChI is InChI=1S/C12H20N2O/c1-5-12(15)14(10(2)3)9-11-7-6-8-13(11)4/h6-8,10H,5,9H2,1-4H3. The maximum atomic E-state index is 11.7. The zero-order valence-electron chi connectivity index (χ0n) is 10.0. The van der Waals surface area contributed by atoms with Crippen molar-refractivity contribution in [3.63, 3.8) is 0 Å². The Morgan fingerprint density at radius 2 is 2.20 bits per heavy atom. The Balaban J connectivity index is 2.76. The molecule has 0 radical (unpaired) electrons. The predicted octanol–water partition coefficient (Wildman–Crippen LogP) is 2.17. The molecule has 1 amide bonds. The molecule has 0 N–H and O–H groups in total. The Morgan fingerprint density at radius 3 is 2.60 bits per heavy atom. The van der Waals surface area contributed by atoms with Gasteiger partial charge in [0.2, 0.25) is 5.91 Å². The molecule has 0 aliphatic heterocycles. The summed E-state index contributed by atoms with van der Waals surface area (Å²) in [7, 11) is 2.00. The minimum absolute atomic E-state index is 0.214. The molecule has 15 heavy (non-hydrogen) atoms. The smallest absolute Gasteiger partial charge is 0.222 e. The van der Waals surface area contributed by atoms with Crippen molar-refractivity contribution in [3.8, 4) is 0 Å². The second-order valence-electron chi connectivity index (χ2n) is 4.08. The lowest BCUT2D eigenvalue weighted by Crippen LogP contribution is -2.36. The number of aryl methyl sites for hydroxylation is 1. The van der Waals surface area contributed by atoms with Crippen LogP contribution < -0.4 is 0 Å². The molecule has 0 saturated carbocycles. The normalized spacial score (nSPS) is 10.7. The molecule has 0 saturated heterocycles. The monoisotopic (exact) mass is 208 g/mol.